The van der Waals surface area contributed by atoms with Crippen LogP contribution in [0, 0.1) is 0 Å². The van der Waals surface area contributed by atoms with Gasteiger partial charge < -0.3 is 20.1 Å². The molecule has 0 bridgehead atoms. The number of urea groups is 1. The van der Waals surface area contributed by atoms with Crippen LogP contribution in [0.15, 0.2) is 18.2 Å². The number of benzene rings is 1. The lowest BCUT2D eigenvalue weighted by atomic mass is 10.1. The number of hydrogen-bond acceptors (Lipinski definition) is 4. The van der Waals surface area contributed by atoms with Crippen molar-refractivity contribution in [2.45, 2.75) is 12.8 Å². The second-order valence-electron chi connectivity index (χ2n) is 5.05. The molecule has 1 saturated heterocycles. The first-order chi connectivity index (χ1) is 9.93. The van der Waals surface area contributed by atoms with Gasteiger partial charge in [-0.2, -0.15) is 0 Å². The minimum Gasteiger partial charge on any atom is -0.395 e. The van der Waals surface area contributed by atoms with Crippen molar-refractivity contribution in [3.05, 3.63) is 23.8 Å². The molecule has 2 heterocycles. The zero-order chi connectivity index (χ0) is 15.0. The van der Waals surface area contributed by atoms with Gasteiger partial charge in [-0.05, 0) is 17.7 Å². The Morgan fingerprint density at radius 3 is 2.52 bits per heavy atom. The molecule has 0 spiro atoms. The highest BCUT2D eigenvalue weighted by molar-refractivity contribution is 5.72. The summed E-state index contributed by atoms with van der Waals surface area (Å²) >= 11 is 0. The van der Waals surface area contributed by atoms with Crippen LogP contribution in [0.25, 0.3) is 0 Å². The molecule has 1 aromatic rings. The monoisotopic (exact) mass is 299 g/mol. The molecule has 0 unspecified atom stereocenters. The first-order valence-corrected chi connectivity index (χ1v) is 6.58. The molecule has 3 rings (SSSR count). The molecule has 0 saturated carbocycles. The van der Waals surface area contributed by atoms with Crippen LogP contribution in [0.5, 0.6) is 11.5 Å². The van der Waals surface area contributed by atoms with E-state index in [9.17, 15) is 13.6 Å². The molecule has 0 aliphatic carbocycles. The largest absolute Gasteiger partial charge is 0.586 e. The molecule has 0 atom stereocenters. The number of amides is 2. The first kappa shape index (κ1) is 13.9. The number of halogens is 2. The van der Waals surface area contributed by atoms with Gasteiger partial charge in [0.05, 0.1) is 0 Å². The van der Waals surface area contributed by atoms with Crippen LogP contribution >= 0.6 is 0 Å². The van der Waals surface area contributed by atoms with E-state index in [1.54, 1.807) is 17.0 Å². The normalized spacial score (nSPS) is 20.6. The predicted molar refractivity (Wildman–Crippen MR) is 69.1 cm³/mol. The smallest absolute Gasteiger partial charge is 0.395 e. The average Bonchev–Trinajstić information content (AvgIpc) is 2.72. The Labute approximate surface area is 120 Å². The predicted octanol–water partition coefficient (Wildman–Crippen LogP) is 1.20. The van der Waals surface area contributed by atoms with Gasteiger partial charge >= 0.3 is 12.3 Å². The van der Waals surface area contributed by atoms with Gasteiger partial charge in [0.25, 0.3) is 0 Å². The van der Waals surface area contributed by atoms with Gasteiger partial charge in [-0.25, -0.2) is 4.79 Å². The maximum absolute atomic E-state index is 12.9. The summed E-state index contributed by atoms with van der Waals surface area (Å²) in [5, 5.41) is 0. The van der Waals surface area contributed by atoms with E-state index in [0.29, 0.717) is 32.7 Å². The standard InChI is InChI=1S/C13H15F2N3O3/c14-13(15)20-10-2-1-9(7-11(10)21-13)8-17-3-5-18(6-4-17)12(16)19/h1-2,7H,3-6,8H2,(H2,16,19). The Kier molecular flexibility index (Phi) is 3.32. The van der Waals surface area contributed by atoms with Gasteiger partial charge in [0, 0.05) is 32.7 Å². The summed E-state index contributed by atoms with van der Waals surface area (Å²) in [6.07, 6.45) is -3.59. The molecule has 2 aliphatic heterocycles. The van der Waals surface area contributed by atoms with Crippen LogP contribution in [-0.4, -0.2) is 48.3 Å². The third-order valence-electron chi connectivity index (χ3n) is 3.56. The van der Waals surface area contributed by atoms with Crippen LogP contribution in [0.1, 0.15) is 5.56 Å². The number of carbonyl (C=O) groups excluding carboxylic acids is 1. The summed E-state index contributed by atoms with van der Waals surface area (Å²) in [7, 11) is 0. The van der Waals surface area contributed by atoms with Crippen LogP contribution in [0.2, 0.25) is 0 Å². The van der Waals surface area contributed by atoms with Crippen molar-refractivity contribution in [3.8, 4) is 11.5 Å². The highest BCUT2D eigenvalue weighted by Gasteiger charge is 2.43. The molecule has 2 amide bonds. The van der Waals surface area contributed by atoms with E-state index in [1.807, 2.05) is 0 Å². The summed E-state index contributed by atoms with van der Waals surface area (Å²) in [4.78, 5) is 14.7. The van der Waals surface area contributed by atoms with Crippen LogP contribution < -0.4 is 15.2 Å². The summed E-state index contributed by atoms with van der Waals surface area (Å²) in [6.45, 7) is 3.10. The van der Waals surface area contributed by atoms with Gasteiger partial charge in [-0.15, -0.1) is 8.78 Å². The summed E-state index contributed by atoms with van der Waals surface area (Å²) in [6, 6.07) is 4.34. The number of hydrogen-bond donors (Lipinski definition) is 1. The topological polar surface area (TPSA) is 68.0 Å². The van der Waals surface area contributed by atoms with E-state index >= 15 is 0 Å². The molecule has 0 aromatic heterocycles. The second kappa shape index (κ2) is 5.03. The van der Waals surface area contributed by atoms with Crippen molar-refractivity contribution in [2.75, 3.05) is 26.2 Å². The van der Waals surface area contributed by atoms with E-state index in [-0.39, 0.29) is 11.5 Å². The van der Waals surface area contributed by atoms with Crippen molar-refractivity contribution in [1.29, 1.82) is 0 Å². The summed E-state index contributed by atoms with van der Waals surface area (Å²) < 4.78 is 34.7. The number of nitrogens with zero attached hydrogens (tertiary/aromatic N) is 2. The highest BCUT2D eigenvalue weighted by Crippen LogP contribution is 2.41. The average molecular weight is 299 g/mol. The van der Waals surface area contributed by atoms with Gasteiger partial charge in [0.15, 0.2) is 11.5 Å². The Hall–Kier alpha value is -2.09. The molecular formula is C13H15F2N3O3. The Morgan fingerprint density at radius 1 is 1.19 bits per heavy atom. The van der Waals surface area contributed by atoms with Crippen LogP contribution in [0.3, 0.4) is 0 Å². The molecule has 6 nitrogen and oxygen atoms in total. The number of primary amides is 1. The van der Waals surface area contributed by atoms with Crippen molar-refractivity contribution in [3.63, 3.8) is 0 Å². The molecule has 21 heavy (non-hydrogen) atoms. The highest BCUT2D eigenvalue weighted by atomic mass is 19.3. The van der Waals surface area contributed by atoms with Gasteiger partial charge in [-0.1, -0.05) is 6.07 Å². The minimum absolute atomic E-state index is 0.0438. The molecule has 1 fully saturated rings. The van der Waals surface area contributed by atoms with E-state index in [2.05, 4.69) is 14.4 Å². The van der Waals surface area contributed by atoms with Gasteiger partial charge in [0.1, 0.15) is 0 Å². The Bertz CT molecular complexity index is 560. The van der Waals surface area contributed by atoms with Crippen molar-refractivity contribution >= 4 is 6.03 Å². The Morgan fingerprint density at radius 2 is 1.86 bits per heavy atom. The molecule has 1 aromatic carbocycles. The number of piperazine rings is 1. The number of rotatable bonds is 2. The van der Waals surface area contributed by atoms with Crippen LogP contribution in [0.4, 0.5) is 13.6 Å². The van der Waals surface area contributed by atoms with Crippen molar-refractivity contribution in [2.24, 2.45) is 5.73 Å². The quantitative estimate of drug-likeness (QED) is 0.891. The summed E-state index contributed by atoms with van der Waals surface area (Å²) in [5.74, 6) is 0.0931. The van der Waals surface area contributed by atoms with Crippen molar-refractivity contribution in [1.82, 2.24) is 9.80 Å². The third kappa shape index (κ3) is 2.99. The SMILES string of the molecule is NC(=O)N1CCN(Cc2ccc3c(c2)OC(F)(F)O3)CC1. The zero-order valence-electron chi connectivity index (χ0n) is 11.2. The maximum Gasteiger partial charge on any atom is 0.586 e. The van der Waals surface area contributed by atoms with Gasteiger partial charge in [0.2, 0.25) is 0 Å². The van der Waals surface area contributed by atoms with Crippen LogP contribution in [-0.2, 0) is 6.54 Å². The molecule has 0 radical (unpaired) electrons. The first-order valence-electron chi connectivity index (χ1n) is 6.58. The lowest BCUT2D eigenvalue weighted by molar-refractivity contribution is -0.286. The minimum atomic E-state index is -3.59. The number of ether oxygens (including phenoxy) is 2. The molecule has 114 valence electrons. The molecule has 2 aliphatic rings. The lowest BCUT2D eigenvalue weighted by Gasteiger charge is -2.33. The van der Waals surface area contributed by atoms with E-state index in [4.69, 9.17) is 5.73 Å². The van der Waals surface area contributed by atoms with Gasteiger partial charge in [-0.3, -0.25) is 4.90 Å². The number of fused-ring (bicyclic) bond motifs is 1. The van der Waals surface area contributed by atoms with Crippen molar-refractivity contribution < 1.29 is 23.0 Å². The molecular weight excluding hydrogens is 284 g/mol. The fourth-order valence-electron chi connectivity index (χ4n) is 2.48. The van der Waals surface area contributed by atoms with E-state index in [0.717, 1.165) is 5.56 Å². The molecule has 2 N–H and O–H groups in total. The summed E-state index contributed by atoms with van der Waals surface area (Å²) in [5.41, 5.74) is 6.07. The third-order valence-corrected chi connectivity index (χ3v) is 3.56. The zero-order valence-corrected chi connectivity index (χ0v) is 11.2. The number of nitrogens with two attached hydrogens (primary N) is 1. The second-order valence-corrected chi connectivity index (χ2v) is 5.05. The number of alkyl halides is 2. The van der Waals surface area contributed by atoms with E-state index < -0.39 is 12.3 Å². The fourth-order valence-corrected chi connectivity index (χ4v) is 2.48. The molecule has 8 heteroatoms. The maximum atomic E-state index is 12.9. The Balaban J connectivity index is 1.61. The fraction of sp³-hybridized carbons (Fsp3) is 0.462. The lowest BCUT2D eigenvalue weighted by Crippen LogP contribution is -2.50. The number of carbonyl (C=O) groups is 1. The van der Waals surface area contributed by atoms with E-state index in [1.165, 1.54) is 6.07 Å².